The highest BCUT2D eigenvalue weighted by molar-refractivity contribution is 5.82. The zero-order valence-corrected chi connectivity index (χ0v) is 7.43. The highest BCUT2D eigenvalue weighted by atomic mass is 16.6. The van der Waals surface area contributed by atoms with Crippen LogP contribution < -0.4 is 11.2 Å². The van der Waals surface area contributed by atoms with Crippen molar-refractivity contribution in [3.63, 3.8) is 0 Å². The Morgan fingerprint density at radius 2 is 2.17 bits per heavy atom. The smallest absolute Gasteiger partial charge is 0.251 e. The van der Waals surface area contributed by atoms with Crippen LogP contribution in [0.25, 0.3) is 0 Å². The summed E-state index contributed by atoms with van der Waals surface area (Å²) >= 11 is 0. The molecule has 1 saturated carbocycles. The van der Waals surface area contributed by atoms with Crippen LogP contribution in [0.5, 0.6) is 0 Å². The van der Waals surface area contributed by atoms with Crippen molar-refractivity contribution < 1.29 is 9.63 Å². The van der Waals surface area contributed by atoms with Crippen molar-refractivity contribution >= 4 is 5.91 Å². The number of carbonyl (C=O) groups is 1. The van der Waals surface area contributed by atoms with Crippen LogP contribution in [0.1, 0.15) is 25.7 Å². The first-order valence-corrected chi connectivity index (χ1v) is 4.29. The Hall–Kier alpha value is -0.610. The van der Waals surface area contributed by atoms with E-state index in [1.165, 1.54) is 7.11 Å². The van der Waals surface area contributed by atoms with E-state index in [9.17, 15) is 4.79 Å². The lowest BCUT2D eigenvalue weighted by molar-refractivity contribution is -0.141. The van der Waals surface area contributed by atoms with Gasteiger partial charge in [-0.25, -0.2) is 5.48 Å². The third-order valence-corrected chi connectivity index (χ3v) is 2.63. The molecule has 3 N–H and O–H groups in total. The molecule has 0 unspecified atom stereocenters. The lowest BCUT2D eigenvalue weighted by Gasteiger charge is -2.24. The number of amides is 1. The number of hydrogen-bond acceptors (Lipinski definition) is 3. The van der Waals surface area contributed by atoms with Crippen LogP contribution in [0.2, 0.25) is 0 Å². The van der Waals surface area contributed by atoms with Crippen molar-refractivity contribution in [3.05, 3.63) is 0 Å². The van der Waals surface area contributed by atoms with Crippen molar-refractivity contribution in [2.45, 2.75) is 25.7 Å². The van der Waals surface area contributed by atoms with Crippen molar-refractivity contribution in [3.8, 4) is 0 Å². The van der Waals surface area contributed by atoms with E-state index < -0.39 is 0 Å². The molecule has 0 heterocycles. The monoisotopic (exact) mass is 172 g/mol. The number of nitrogens with two attached hydrogens (primary N) is 1. The fourth-order valence-electron chi connectivity index (χ4n) is 1.78. The van der Waals surface area contributed by atoms with Gasteiger partial charge in [-0.15, -0.1) is 0 Å². The molecule has 0 atom stereocenters. The molecule has 1 aliphatic rings. The zero-order valence-electron chi connectivity index (χ0n) is 7.43. The summed E-state index contributed by atoms with van der Waals surface area (Å²) in [6.45, 7) is 0.419. The third kappa shape index (κ3) is 1.59. The average molecular weight is 172 g/mol. The minimum Gasteiger partial charge on any atom is -0.329 e. The summed E-state index contributed by atoms with van der Waals surface area (Å²) in [5, 5.41) is 0. The molecule has 4 heteroatoms. The molecule has 1 rings (SSSR count). The highest BCUT2D eigenvalue weighted by Gasteiger charge is 2.39. The van der Waals surface area contributed by atoms with Crippen LogP contribution in [0.4, 0.5) is 0 Å². The minimum absolute atomic E-state index is 0.0648. The predicted molar refractivity (Wildman–Crippen MR) is 45.1 cm³/mol. The maximum absolute atomic E-state index is 11.5. The topological polar surface area (TPSA) is 64.3 Å². The Bertz CT molecular complexity index is 164. The lowest BCUT2D eigenvalue weighted by atomic mass is 9.86. The Morgan fingerprint density at radius 1 is 1.58 bits per heavy atom. The number of rotatable bonds is 3. The minimum atomic E-state index is -0.351. The summed E-state index contributed by atoms with van der Waals surface area (Å²) < 4.78 is 0. The van der Waals surface area contributed by atoms with Crippen molar-refractivity contribution in [1.82, 2.24) is 5.48 Å². The maximum atomic E-state index is 11.5. The van der Waals surface area contributed by atoms with Crippen LogP contribution in [-0.2, 0) is 9.63 Å². The molecule has 0 aromatic rings. The van der Waals surface area contributed by atoms with E-state index in [2.05, 4.69) is 10.3 Å². The van der Waals surface area contributed by atoms with Gasteiger partial charge in [0.05, 0.1) is 12.5 Å². The SMILES string of the molecule is CONC(=O)C1(CN)CCCC1. The summed E-state index contributed by atoms with van der Waals surface area (Å²) in [5.74, 6) is -0.0648. The molecule has 12 heavy (non-hydrogen) atoms. The molecule has 1 amide bonds. The maximum Gasteiger partial charge on any atom is 0.251 e. The second-order valence-corrected chi connectivity index (χ2v) is 3.33. The fraction of sp³-hybridized carbons (Fsp3) is 0.875. The van der Waals surface area contributed by atoms with Gasteiger partial charge in [-0.3, -0.25) is 9.63 Å². The van der Waals surface area contributed by atoms with Gasteiger partial charge in [0.15, 0.2) is 0 Å². The molecule has 4 nitrogen and oxygen atoms in total. The van der Waals surface area contributed by atoms with E-state index in [-0.39, 0.29) is 11.3 Å². The van der Waals surface area contributed by atoms with Crippen LogP contribution in [0, 0.1) is 5.41 Å². The molecule has 1 aliphatic carbocycles. The number of hydroxylamine groups is 1. The molecular formula is C8H16N2O2. The van der Waals surface area contributed by atoms with Gasteiger partial charge < -0.3 is 5.73 Å². The lowest BCUT2D eigenvalue weighted by Crippen LogP contribution is -2.43. The van der Waals surface area contributed by atoms with Crippen LogP contribution in [0.15, 0.2) is 0 Å². The van der Waals surface area contributed by atoms with Gasteiger partial charge in [0, 0.05) is 6.54 Å². The Labute approximate surface area is 72.4 Å². The van der Waals surface area contributed by atoms with Crippen LogP contribution in [-0.4, -0.2) is 19.6 Å². The number of nitrogens with one attached hydrogen (secondary N) is 1. The molecule has 70 valence electrons. The zero-order chi connectivity index (χ0) is 9.03. The molecule has 0 spiro atoms. The standard InChI is InChI=1S/C8H16N2O2/c1-12-10-7(11)8(6-9)4-2-3-5-8/h2-6,9H2,1H3,(H,10,11). The summed E-state index contributed by atoms with van der Waals surface area (Å²) in [6.07, 6.45) is 3.96. The second kappa shape index (κ2) is 3.87. The van der Waals surface area contributed by atoms with E-state index in [0.717, 1.165) is 25.7 Å². The van der Waals surface area contributed by atoms with Gasteiger partial charge in [-0.2, -0.15) is 0 Å². The van der Waals surface area contributed by atoms with Gasteiger partial charge in [0.2, 0.25) is 0 Å². The average Bonchev–Trinajstić information content (AvgIpc) is 2.54. The molecule has 0 aromatic heterocycles. The van der Waals surface area contributed by atoms with Crippen molar-refractivity contribution in [2.24, 2.45) is 11.1 Å². The van der Waals surface area contributed by atoms with E-state index in [1.807, 2.05) is 0 Å². The van der Waals surface area contributed by atoms with Crippen molar-refractivity contribution in [2.75, 3.05) is 13.7 Å². The van der Waals surface area contributed by atoms with Gasteiger partial charge >= 0.3 is 0 Å². The van der Waals surface area contributed by atoms with Gasteiger partial charge in [0.1, 0.15) is 0 Å². The van der Waals surface area contributed by atoms with Crippen LogP contribution >= 0.6 is 0 Å². The molecule has 0 aliphatic heterocycles. The largest absolute Gasteiger partial charge is 0.329 e. The van der Waals surface area contributed by atoms with E-state index >= 15 is 0 Å². The fourth-order valence-corrected chi connectivity index (χ4v) is 1.78. The summed E-state index contributed by atoms with van der Waals surface area (Å²) in [5.41, 5.74) is 7.59. The van der Waals surface area contributed by atoms with E-state index in [1.54, 1.807) is 0 Å². The highest BCUT2D eigenvalue weighted by Crippen LogP contribution is 2.37. The normalized spacial score (nSPS) is 20.8. The summed E-state index contributed by atoms with van der Waals surface area (Å²) in [6, 6.07) is 0. The molecule has 0 bridgehead atoms. The van der Waals surface area contributed by atoms with Gasteiger partial charge in [-0.05, 0) is 12.8 Å². The molecule has 0 saturated heterocycles. The Kier molecular flexibility index (Phi) is 3.05. The first-order valence-electron chi connectivity index (χ1n) is 4.29. The predicted octanol–water partition coefficient (Wildman–Crippen LogP) is 0.183. The third-order valence-electron chi connectivity index (χ3n) is 2.63. The van der Waals surface area contributed by atoms with Crippen LogP contribution in [0.3, 0.4) is 0 Å². The molecule has 1 fully saturated rings. The first kappa shape index (κ1) is 9.48. The van der Waals surface area contributed by atoms with Crippen molar-refractivity contribution in [1.29, 1.82) is 0 Å². The molecule has 0 aromatic carbocycles. The Balaban J connectivity index is 2.59. The van der Waals surface area contributed by atoms with Gasteiger partial charge in [0.25, 0.3) is 5.91 Å². The first-order chi connectivity index (χ1) is 5.75. The number of hydrogen-bond donors (Lipinski definition) is 2. The van der Waals surface area contributed by atoms with E-state index in [0.29, 0.717) is 6.54 Å². The summed E-state index contributed by atoms with van der Waals surface area (Å²) in [7, 11) is 1.44. The van der Waals surface area contributed by atoms with Gasteiger partial charge in [-0.1, -0.05) is 12.8 Å². The Morgan fingerprint density at radius 3 is 2.58 bits per heavy atom. The summed E-state index contributed by atoms with van der Waals surface area (Å²) in [4.78, 5) is 16.1. The molecular weight excluding hydrogens is 156 g/mol. The van der Waals surface area contributed by atoms with E-state index in [4.69, 9.17) is 5.73 Å². The number of carbonyl (C=O) groups excluding carboxylic acids is 1. The second-order valence-electron chi connectivity index (χ2n) is 3.33. The molecule has 0 radical (unpaired) electrons. The quantitative estimate of drug-likeness (QED) is 0.597.